The summed E-state index contributed by atoms with van der Waals surface area (Å²) < 4.78 is 32.8. The summed E-state index contributed by atoms with van der Waals surface area (Å²) in [6.07, 6.45) is 6.07. The molecule has 158 valence electrons. The quantitative estimate of drug-likeness (QED) is 0.510. The number of sulfonamides is 1. The third-order valence-electron chi connectivity index (χ3n) is 5.19. The fraction of sp³-hybridized carbons (Fsp3) is 0.455. The normalized spacial score (nSPS) is 15.2. The number of hydrogen-bond acceptors (Lipinski definition) is 5. The number of hydrogen-bond donors (Lipinski definition) is 3. The Bertz CT molecular complexity index is 866. The number of nitrogens with one attached hydrogen (secondary N) is 3. The zero-order valence-corrected chi connectivity index (χ0v) is 17.8. The molecule has 0 bridgehead atoms. The maximum atomic E-state index is 12.6. The molecule has 1 aliphatic rings. The molecular formula is C22H31N3O3S. The number of methoxy groups -OCH3 is 1. The molecule has 0 heterocycles. The number of ether oxygens (including phenoxy) is 1. The zero-order chi connectivity index (χ0) is 20.5. The lowest BCUT2D eigenvalue weighted by Crippen LogP contribution is -2.27. The monoisotopic (exact) mass is 417 g/mol. The standard InChI is InChI=1S/C22H31N3O3S/c1-28-15-14-24-29(26,27)20-12-13-21(25-19-10-6-3-7-11-19)22(16-20)23-17-18-8-4-2-5-9-18/h2,4-5,8-9,12-13,16,19,23-25H,3,6-7,10-11,14-15,17H2,1H3. The second-order valence-electron chi connectivity index (χ2n) is 7.42. The molecule has 0 saturated heterocycles. The van der Waals surface area contributed by atoms with E-state index in [0.29, 0.717) is 19.2 Å². The van der Waals surface area contributed by atoms with E-state index >= 15 is 0 Å². The maximum absolute atomic E-state index is 12.6. The second-order valence-corrected chi connectivity index (χ2v) is 9.18. The van der Waals surface area contributed by atoms with Gasteiger partial charge in [0.05, 0.1) is 22.9 Å². The minimum absolute atomic E-state index is 0.244. The first-order valence-electron chi connectivity index (χ1n) is 10.3. The molecule has 3 N–H and O–H groups in total. The Labute approximate surface area is 174 Å². The van der Waals surface area contributed by atoms with E-state index in [4.69, 9.17) is 4.74 Å². The molecule has 2 aromatic rings. The van der Waals surface area contributed by atoms with Crippen molar-refractivity contribution >= 4 is 21.4 Å². The van der Waals surface area contributed by atoms with Crippen molar-refractivity contribution in [2.75, 3.05) is 30.9 Å². The van der Waals surface area contributed by atoms with Gasteiger partial charge in [0.1, 0.15) is 0 Å². The summed E-state index contributed by atoms with van der Waals surface area (Å²) >= 11 is 0. The molecule has 0 amide bonds. The second kappa shape index (κ2) is 10.6. The first-order chi connectivity index (χ1) is 14.1. The van der Waals surface area contributed by atoms with Crippen LogP contribution in [0.25, 0.3) is 0 Å². The van der Waals surface area contributed by atoms with Crippen molar-refractivity contribution in [3.63, 3.8) is 0 Å². The Morgan fingerprint density at radius 1 is 1.00 bits per heavy atom. The van der Waals surface area contributed by atoms with E-state index in [2.05, 4.69) is 15.4 Å². The van der Waals surface area contributed by atoms with Crippen LogP contribution >= 0.6 is 0 Å². The lowest BCUT2D eigenvalue weighted by atomic mass is 9.95. The van der Waals surface area contributed by atoms with Crippen LogP contribution in [0.4, 0.5) is 11.4 Å². The Hall–Kier alpha value is -2.09. The predicted octanol–water partition coefficient (Wildman–Crippen LogP) is 3.97. The molecule has 1 aliphatic carbocycles. The Kier molecular flexibility index (Phi) is 7.91. The maximum Gasteiger partial charge on any atom is 0.240 e. The van der Waals surface area contributed by atoms with E-state index in [1.165, 1.54) is 19.3 Å². The van der Waals surface area contributed by atoms with E-state index in [9.17, 15) is 8.42 Å². The lowest BCUT2D eigenvalue weighted by Gasteiger charge is -2.25. The Morgan fingerprint density at radius 2 is 1.76 bits per heavy atom. The number of benzene rings is 2. The van der Waals surface area contributed by atoms with Crippen molar-refractivity contribution in [2.45, 2.75) is 49.6 Å². The van der Waals surface area contributed by atoms with Crippen LogP contribution in [0.3, 0.4) is 0 Å². The van der Waals surface area contributed by atoms with E-state index in [-0.39, 0.29) is 11.4 Å². The molecule has 1 saturated carbocycles. The molecule has 2 aromatic carbocycles. The van der Waals surface area contributed by atoms with Gasteiger partial charge in [-0.25, -0.2) is 13.1 Å². The average molecular weight is 418 g/mol. The minimum Gasteiger partial charge on any atom is -0.383 e. The fourth-order valence-corrected chi connectivity index (χ4v) is 4.62. The molecule has 0 aromatic heterocycles. The van der Waals surface area contributed by atoms with Gasteiger partial charge in [0, 0.05) is 26.2 Å². The fourth-order valence-electron chi connectivity index (χ4n) is 3.58. The van der Waals surface area contributed by atoms with Crippen LogP contribution in [0.5, 0.6) is 0 Å². The van der Waals surface area contributed by atoms with Crippen LogP contribution in [-0.4, -0.2) is 34.7 Å². The van der Waals surface area contributed by atoms with Gasteiger partial charge in [-0.05, 0) is 36.6 Å². The molecule has 0 atom stereocenters. The highest BCUT2D eigenvalue weighted by Crippen LogP contribution is 2.29. The van der Waals surface area contributed by atoms with E-state index in [0.717, 1.165) is 29.8 Å². The van der Waals surface area contributed by atoms with Gasteiger partial charge in [-0.15, -0.1) is 0 Å². The summed E-state index contributed by atoms with van der Waals surface area (Å²) in [4.78, 5) is 0.248. The highest BCUT2D eigenvalue weighted by molar-refractivity contribution is 7.89. The van der Waals surface area contributed by atoms with E-state index in [1.807, 2.05) is 36.4 Å². The summed E-state index contributed by atoms with van der Waals surface area (Å²) in [6.45, 7) is 1.20. The number of anilines is 2. The highest BCUT2D eigenvalue weighted by Gasteiger charge is 2.18. The van der Waals surface area contributed by atoms with Gasteiger partial charge in [-0.1, -0.05) is 49.6 Å². The first-order valence-corrected chi connectivity index (χ1v) is 11.7. The summed E-state index contributed by atoms with van der Waals surface area (Å²) in [5, 5.41) is 7.04. The number of rotatable bonds is 10. The highest BCUT2D eigenvalue weighted by atomic mass is 32.2. The molecule has 1 fully saturated rings. The molecule has 3 rings (SSSR count). The molecule has 0 radical (unpaired) electrons. The third kappa shape index (κ3) is 6.45. The van der Waals surface area contributed by atoms with Crippen molar-refractivity contribution in [2.24, 2.45) is 0 Å². The van der Waals surface area contributed by atoms with Crippen LogP contribution in [-0.2, 0) is 21.3 Å². The third-order valence-corrected chi connectivity index (χ3v) is 6.65. The Balaban J connectivity index is 1.80. The molecule has 7 heteroatoms. The average Bonchev–Trinajstić information content (AvgIpc) is 2.74. The van der Waals surface area contributed by atoms with Crippen molar-refractivity contribution < 1.29 is 13.2 Å². The van der Waals surface area contributed by atoms with Gasteiger partial charge in [-0.3, -0.25) is 0 Å². The van der Waals surface area contributed by atoms with Crippen molar-refractivity contribution in [1.82, 2.24) is 4.72 Å². The summed E-state index contributed by atoms with van der Waals surface area (Å²) in [7, 11) is -2.04. The largest absolute Gasteiger partial charge is 0.383 e. The van der Waals surface area contributed by atoms with Gasteiger partial charge in [0.15, 0.2) is 0 Å². The van der Waals surface area contributed by atoms with Crippen molar-refractivity contribution in [3.8, 4) is 0 Å². The first kappa shape index (κ1) is 21.6. The molecule has 0 aliphatic heterocycles. The van der Waals surface area contributed by atoms with Gasteiger partial charge < -0.3 is 15.4 Å². The van der Waals surface area contributed by atoms with Gasteiger partial charge in [-0.2, -0.15) is 0 Å². The van der Waals surface area contributed by atoms with Crippen LogP contribution in [0, 0.1) is 0 Å². The lowest BCUT2D eigenvalue weighted by molar-refractivity contribution is 0.204. The molecule has 0 unspecified atom stereocenters. The van der Waals surface area contributed by atoms with E-state index in [1.54, 1.807) is 19.2 Å². The van der Waals surface area contributed by atoms with Crippen molar-refractivity contribution in [1.29, 1.82) is 0 Å². The van der Waals surface area contributed by atoms with Gasteiger partial charge in [0.25, 0.3) is 0 Å². The molecule has 29 heavy (non-hydrogen) atoms. The van der Waals surface area contributed by atoms with E-state index < -0.39 is 10.0 Å². The smallest absolute Gasteiger partial charge is 0.240 e. The van der Waals surface area contributed by atoms with Gasteiger partial charge >= 0.3 is 0 Å². The van der Waals surface area contributed by atoms with Crippen LogP contribution in [0.2, 0.25) is 0 Å². The Morgan fingerprint density at radius 3 is 2.48 bits per heavy atom. The van der Waals surface area contributed by atoms with Crippen molar-refractivity contribution in [3.05, 3.63) is 54.1 Å². The summed E-state index contributed by atoms with van der Waals surface area (Å²) in [5.41, 5.74) is 2.89. The molecular weight excluding hydrogens is 386 g/mol. The minimum atomic E-state index is -3.59. The zero-order valence-electron chi connectivity index (χ0n) is 17.0. The predicted molar refractivity (Wildman–Crippen MR) is 118 cm³/mol. The topological polar surface area (TPSA) is 79.5 Å². The molecule has 6 nitrogen and oxygen atoms in total. The van der Waals surface area contributed by atoms with Gasteiger partial charge in [0.2, 0.25) is 10.0 Å². The SMILES string of the molecule is COCCNS(=O)(=O)c1ccc(NC2CCCCC2)c(NCc2ccccc2)c1. The molecule has 0 spiro atoms. The summed E-state index contributed by atoms with van der Waals surface area (Å²) in [6, 6.07) is 15.8. The van der Waals surface area contributed by atoms with Crippen LogP contribution in [0.15, 0.2) is 53.4 Å². The van der Waals surface area contributed by atoms with Crippen LogP contribution < -0.4 is 15.4 Å². The van der Waals surface area contributed by atoms with Crippen LogP contribution in [0.1, 0.15) is 37.7 Å². The summed E-state index contributed by atoms with van der Waals surface area (Å²) in [5.74, 6) is 0.